The third kappa shape index (κ3) is 2.30. The van der Waals surface area contributed by atoms with Crippen LogP contribution >= 0.6 is 11.6 Å². The standard InChI is InChI=1S/C15H16ClNO/c16-14-5-3-11(4-6-14)15(18)17-9-13-8-10-1-2-12(13)7-10/h1-6,10,12-13H,7-9H2,(H,17,18)/t10-,12-,13+/m0/s1. The minimum absolute atomic E-state index is 0.00146. The monoisotopic (exact) mass is 261 g/mol. The van der Waals surface area contributed by atoms with Crippen molar-refractivity contribution >= 4 is 17.5 Å². The molecule has 1 N–H and O–H groups in total. The van der Waals surface area contributed by atoms with Gasteiger partial charge in [0.05, 0.1) is 0 Å². The lowest BCUT2D eigenvalue weighted by Crippen LogP contribution is -2.30. The fourth-order valence-electron chi connectivity index (χ4n) is 3.06. The number of amides is 1. The number of fused-ring (bicyclic) bond motifs is 2. The maximum Gasteiger partial charge on any atom is 0.251 e. The molecule has 94 valence electrons. The number of halogens is 1. The van der Waals surface area contributed by atoms with Gasteiger partial charge in [-0.05, 0) is 54.9 Å². The van der Waals surface area contributed by atoms with Gasteiger partial charge in [-0.2, -0.15) is 0 Å². The van der Waals surface area contributed by atoms with E-state index in [1.54, 1.807) is 24.3 Å². The Morgan fingerprint density at radius 2 is 2.00 bits per heavy atom. The molecule has 3 heteroatoms. The predicted molar refractivity (Wildman–Crippen MR) is 72.6 cm³/mol. The summed E-state index contributed by atoms with van der Waals surface area (Å²) in [6, 6.07) is 7.02. The smallest absolute Gasteiger partial charge is 0.251 e. The molecule has 3 rings (SSSR count). The molecule has 18 heavy (non-hydrogen) atoms. The van der Waals surface area contributed by atoms with Crippen LogP contribution in [-0.2, 0) is 0 Å². The number of hydrogen-bond acceptors (Lipinski definition) is 1. The minimum atomic E-state index is -0.00146. The molecule has 1 aromatic carbocycles. The van der Waals surface area contributed by atoms with Gasteiger partial charge >= 0.3 is 0 Å². The fourth-order valence-corrected chi connectivity index (χ4v) is 3.18. The second-order valence-corrected chi connectivity index (χ2v) is 5.69. The van der Waals surface area contributed by atoms with E-state index in [0.29, 0.717) is 22.4 Å². The Morgan fingerprint density at radius 1 is 1.22 bits per heavy atom. The third-order valence-corrected chi connectivity index (χ3v) is 4.30. The largest absolute Gasteiger partial charge is 0.352 e. The number of hydrogen-bond donors (Lipinski definition) is 1. The Bertz CT molecular complexity index is 480. The molecule has 2 bridgehead atoms. The van der Waals surface area contributed by atoms with Gasteiger partial charge in [0.15, 0.2) is 0 Å². The van der Waals surface area contributed by atoms with Gasteiger partial charge in [0, 0.05) is 17.1 Å². The lowest BCUT2D eigenvalue weighted by molar-refractivity contribution is 0.0945. The van der Waals surface area contributed by atoms with Gasteiger partial charge in [-0.3, -0.25) is 4.79 Å². The van der Waals surface area contributed by atoms with Crippen LogP contribution in [-0.4, -0.2) is 12.5 Å². The number of rotatable bonds is 3. The van der Waals surface area contributed by atoms with Crippen LogP contribution < -0.4 is 5.32 Å². The normalized spacial score (nSPS) is 28.6. The molecule has 3 atom stereocenters. The highest BCUT2D eigenvalue weighted by Crippen LogP contribution is 2.42. The van der Waals surface area contributed by atoms with Gasteiger partial charge < -0.3 is 5.32 Å². The van der Waals surface area contributed by atoms with Crippen molar-refractivity contribution < 1.29 is 4.79 Å². The van der Waals surface area contributed by atoms with Crippen LogP contribution in [0.5, 0.6) is 0 Å². The summed E-state index contributed by atoms with van der Waals surface area (Å²) in [6.45, 7) is 0.785. The van der Waals surface area contributed by atoms with E-state index in [0.717, 1.165) is 12.5 Å². The summed E-state index contributed by atoms with van der Waals surface area (Å²) in [7, 11) is 0. The van der Waals surface area contributed by atoms with E-state index >= 15 is 0 Å². The van der Waals surface area contributed by atoms with E-state index in [4.69, 9.17) is 11.6 Å². The SMILES string of the molecule is O=C(NC[C@H]1C[C@H]2C=C[C@H]1C2)c1ccc(Cl)cc1. The summed E-state index contributed by atoms with van der Waals surface area (Å²) in [5.74, 6) is 2.06. The molecule has 0 aliphatic heterocycles. The Balaban J connectivity index is 1.56. The van der Waals surface area contributed by atoms with Crippen LogP contribution in [0, 0.1) is 17.8 Å². The summed E-state index contributed by atoms with van der Waals surface area (Å²) < 4.78 is 0. The van der Waals surface area contributed by atoms with Crippen LogP contribution in [0.15, 0.2) is 36.4 Å². The van der Waals surface area contributed by atoms with Gasteiger partial charge in [-0.1, -0.05) is 23.8 Å². The van der Waals surface area contributed by atoms with Crippen molar-refractivity contribution in [1.82, 2.24) is 5.32 Å². The highest BCUT2D eigenvalue weighted by atomic mass is 35.5. The first-order valence-electron chi connectivity index (χ1n) is 6.44. The van der Waals surface area contributed by atoms with Crippen molar-refractivity contribution in [2.75, 3.05) is 6.54 Å². The number of nitrogens with one attached hydrogen (secondary N) is 1. The summed E-state index contributed by atoms with van der Waals surface area (Å²) in [4.78, 5) is 11.9. The van der Waals surface area contributed by atoms with Crippen LogP contribution in [0.2, 0.25) is 5.02 Å². The Hall–Kier alpha value is -1.28. The molecule has 2 aliphatic rings. The van der Waals surface area contributed by atoms with E-state index < -0.39 is 0 Å². The quantitative estimate of drug-likeness (QED) is 0.832. The molecule has 1 saturated carbocycles. The molecule has 2 aliphatic carbocycles. The van der Waals surface area contributed by atoms with Gasteiger partial charge in [-0.25, -0.2) is 0 Å². The van der Waals surface area contributed by atoms with Gasteiger partial charge in [0.25, 0.3) is 5.91 Å². The summed E-state index contributed by atoms with van der Waals surface area (Å²) >= 11 is 5.80. The zero-order valence-corrected chi connectivity index (χ0v) is 10.9. The average molecular weight is 262 g/mol. The molecule has 2 nitrogen and oxygen atoms in total. The summed E-state index contributed by atoms with van der Waals surface area (Å²) in [5, 5.41) is 3.69. The zero-order chi connectivity index (χ0) is 12.5. The number of benzene rings is 1. The predicted octanol–water partition coefficient (Wildman–Crippen LogP) is 3.28. The van der Waals surface area contributed by atoms with Crippen LogP contribution in [0.25, 0.3) is 0 Å². The minimum Gasteiger partial charge on any atom is -0.352 e. The zero-order valence-electron chi connectivity index (χ0n) is 10.1. The first kappa shape index (κ1) is 11.8. The van der Waals surface area contributed by atoms with Crippen molar-refractivity contribution in [2.24, 2.45) is 17.8 Å². The first-order chi connectivity index (χ1) is 8.72. The lowest BCUT2D eigenvalue weighted by atomic mass is 9.93. The third-order valence-electron chi connectivity index (χ3n) is 4.05. The van der Waals surface area contributed by atoms with Crippen molar-refractivity contribution in [3.05, 3.63) is 47.0 Å². The highest BCUT2D eigenvalue weighted by molar-refractivity contribution is 6.30. The Labute approximate surface area is 112 Å². The van der Waals surface area contributed by atoms with E-state index in [2.05, 4.69) is 17.5 Å². The van der Waals surface area contributed by atoms with E-state index in [-0.39, 0.29) is 5.91 Å². The molecule has 0 saturated heterocycles. The number of allylic oxidation sites excluding steroid dienone is 2. The molecule has 1 fully saturated rings. The maximum atomic E-state index is 11.9. The van der Waals surface area contributed by atoms with Gasteiger partial charge in [-0.15, -0.1) is 0 Å². The van der Waals surface area contributed by atoms with E-state index in [9.17, 15) is 4.79 Å². The van der Waals surface area contributed by atoms with Crippen molar-refractivity contribution in [3.8, 4) is 0 Å². The van der Waals surface area contributed by atoms with Crippen LogP contribution in [0.3, 0.4) is 0 Å². The summed E-state index contributed by atoms with van der Waals surface area (Å²) in [5.41, 5.74) is 0.679. The van der Waals surface area contributed by atoms with Gasteiger partial charge in [0.1, 0.15) is 0 Å². The molecule has 0 heterocycles. The highest BCUT2D eigenvalue weighted by Gasteiger charge is 2.35. The van der Waals surface area contributed by atoms with Crippen LogP contribution in [0.4, 0.5) is 0 Å². The van der Waals surface area contributed by atoms with E-state index in [1.807, 2.05) is 0 Å². The molecule has 1 amide bonds. The fraction of sp³-hybridized carbons (Fsp3) is 0.400. The van der Waals surface area contributed by atoms with Crippen LogP contribution in [0.1, 0.15) is 23.2 Å². The second kappa shape index (κ2) is 4.77. The molecule has 0 radical (unpaired) electrons. The molecular formula is C15H16ClNO. The summed E-state index contributed by atoms with van der Waals surface area (Å²) in [6.07, 6.45) is 7.14. The molecule has 1 aromatic rings. The topological polar surface area (TPSA) is 29.1 Å². The lowest BCUT2D eigenvalue weighted by Gasteiger charge is -2.18. The Morgan fingerprint density at radius 3 is 2.61 bits per heavy atom. The molecule has 0 spiro atoms. The van der Waals surface area contributed by atoms with Gasteiger partial charge in [0.2, 0.25) is 0 Å². The molecule has 0 aromatic heterocycles. The van der Waals surface area contributed by atoms with Crippen molar-refractivity contribution in [2.45, 2.75) is 12.8 Å². The Kier molecular flexibility index (Phi) is 3.13. The average Bonchev–Trinajstić information content (AvgIpc) is 2.99. The first-order valence-corrected chi connectivity index (χ1v) is 6.82. The number of carbonyl (C=O) groups excluding carboxylic acids is 1. The number of carbonyl (C=O) groups is 1. The second-order valence-electron chi connectivity index (χ2n) is 5.26. The maximum absolute atomic E-state index is 11.9. The van der Waals surface area contributed by atoms with E-state index in [1.165, 1.54) is 12.8 Å². The molecular weight excluding hydrogens is 246 g/mol. The molecule has 0 unspecified atom stereocenters. The van der Waals surface area contributed by atoms with Crippen molar-refractivity contribution in [1.29, 1.82) is 0 Å². The van der Waals surface area contributed by atoms with Crippen molar-refractivity contribution in [3.63, 3.8) is 0 Å².